The van der Waals surface area contributed by atoms with Gasteiger partial charge in [0.25, 0.3) is 5.56 Å². The van der Waals surface area contributed by atoms with Crippen molar-refractivity contribution in [1.82, 2.24) is 9.55 Å². The van der Waals surface area contributed by atoms with Crippen LogP contribution in [0.2, 0.25) is 5.02 Å². The number of hydrogen-bond donors (Lipinski definition) is 1. The van der Waals surface area contributed by atoms with Crippen LogP contribution in [-0.4, -0.2) is 21.2 Å². The summed E-state index contributed by atoms with van der Waals surface area (Å²) in [6, 6.07) is 7.65. The number of hydrogen-bond acceptors (Lipinski definition) is 4. The molecule has 0 aliphatic heterocycles. The van der Waals surface area contributed by atoms with Crippen molar-refractivity contribution in [1.29, 1.82) is 0 Å². The number of carbonyl (C=O) groups is 1. The number of fused-ring (bicyclic) bond motifs is 1. The van der Waals surface area contributed by atoms with Gasteiger partial charge in [-0.05, 0) is 36.2 Å². The summed E-state index contributed by atoms with van der Waals surface area (Å²) in [5.41, 5.74) is -0.0329. The van der Waals surface area contributed by atoms with Crippen LogP contribution in [0.4, 0.5) is 14.5 Å². The Morgan fingerprint density at radius 2 is 2.00 bits per heavy atom. The summed E-state index contributed by atoms with van der Waals surface area (Å²) >= 11 is 7.05. The number of anilines is 1. The zero-order valence-electron chi connectivity index (χ0n) is 15.7. The average molecular weight is 438 g/mol. The molecule has 2 aromatic carbocycles. The molecule has 0 saturated heterocycles. The number of carbonyl (C=O) groups excluding carboxylic acids is 1. The summed E-state index contributed by atoms with van der Waals surface area (Å²) in [5, 5.41) is 3.57. The molecule has 1 amide bonds. The number of nitrogens with one attached hydrogen (secondary N) is 1. The lowest BCUT2D eigenvalue weighted by atomic mass is 10.2. The molecule has 0 unspecified atom stereocenters. The molecule has 0 saturated carbocycles. The molecule has 29 heavy (non-hydrogen) atoms. The van der Waals surface area contributed by atoms with Gasteiger partial charge in [0, 0.05) is 17.6 Å². The van der Waals surface area contributed by atoms with Gasteiger partial charge in [0.1, 0.15) is 11.6 Å². The van der Waals surface area contributed by atoms with Gasteiger partial charge in [-0.2, -0.15) is 0 Å². The lowest BCUT2D eigenvalue weighted by Gasteiger charge is -2.15. The average Bonchev–Trinajstić information content (AvgIpc) is 2.65. The largest absolute Gasteiger partial charge is 0.323 e. The predicted molar refractivity (Wildman–Crippen MR) is 112 cm³/mol. The van der Waals surface area contributed by atoms with E-state index in [4.69, 9.17) is 11.6 Å². The van der Waals surface area contributed by atoms with Crippen LogP contribution in [0.5, 0.6) is 0 Å². The van der Waals surface area contributed by atoms with Crippen LogP contribution in [0.1, 0.15) is 13.8 Å². The second-order valence-corrected chi connectivity index (χ2v) is 8.21. The number of thioether (sulfide) groups is 1. The molecule has 152 valence electrons. The lowest BCUT2D eigenvalue weighted by molar-refractivity contribution is -0.113. The van der Waals surface area contributed by atoms with Crippen LogP contribution in [0.15, 0.2) is 46.3 Å². The minimum absolute atomic E-state index is 0.132. The maximum absolute atomic E-state index is 13.7. The topological polar surface area (TPSA) is 64.0 Å². The highest BCUT2D eigenvalue weighted by molar-refractivity contribution is 7.99. The van der Waals surface area contributed by atoms with E-state index < -0.39 is 17.5 Å². The van der Waals surface area contributed by atoms with E-state index in [0.717, 1.165) is 30.0 Å². The van der Waals surface area contributed by atoms with E-state index in [1.54, 1.807) is 18.2 Å². The summed E-state index contributed by atoms with van der Waals surface area (Å²) in [7, 11) is 0. The molecule has 0 fully saturated rings. The molecule has 5 nitrogen and oxygen atoms in total. The summed E-state index contributed by atoms with van der Waals surface area (Å²) in [6.07, 6.45) is 0. The minimum Gasteiger partial charge on any atom is -0.323 e. The molecule has 3 aromatic rings. The maximum atomic E-state index is 13.7. The molecule has 9 heteroatoms. The van der Waals surface area contributed by atoms with Crippen LogP contribution in [0.25, 0.3) is 10.9 Å². The van der Waals surface area contributed by atoms with Crippen molar-refractivity contribution >= 4 is 45.9 Å². The van der Waals surface area contributed by atoms with E-state index in [-0.39, 0.29) is 22.9 Å². The van der Waals surface area contributed by atoms with Crippen LogP contribution in [0.3, 0.4) is 0 Å². The van der Waals surface area contributed by atoms with Crippen LogP contribution >= 0.6 is 23.4 Å². The lowest BCUT2D eigenvalue weighted by Crippen LogP contribution is -2.26. The number of halogens is 3. The minimum atomic E-state index is -0.736. The van der Waals surface area contributed by atoms with Gasteiger partial charge in [0.2, 0.25) is 5.91 Å². The Labute approximate surface area is 175 Å². The summed E-state index contributed by atoms with van der Waals surface area (Å²) in [5.74, 6) is -1.90. The second-order valence-electron chi connectivity index (χ2n) is 6.83. The quantitative estimate of drug-likeness (QED) is 0.448. The van der Waals surface area contributed by atoms with Crippen molar-refractivity contribution in [3.8, 4) is 0 Å². The smallest absolute Gasteiger partial charge is 0.262 e. The second kappa shape index (κ2) is 8.92. The molecule has 0 aliphatic carbocycles. The normalized spacial score (nSPS) is 11.2. The molecular weight excluding hydrogens is 420 g/mol. The summed E-state index contributed by atoms with van der Waals surface area (Å²) < 4.78 is 28.5. The van der Waals surface area contributed by atoms with E-state index in [1.807, 2.05) is 13.8 Å². The Hall–Kier alpha value is -2.45. The first-order valence-corrected chi connectivity index (χ1v) is 10.2. The first-order chi connectivity index (χ1) is 13.7. The fourth-order valence-electron chi connectivity index (χ4n) is 2.72. The third-order valence-electron chi connectivity index (χ3n) is 3.96. The third-order valence-corrected chi connectivity index (χ3v) is 5.18. The van der Waals surface area contributed by atoms with E-state index in [0.29, 0.717) is 27.6 Å². The molecule has 0 aliphatic rings. The number of nitrogens with zero attached hydrogens (tertiary/aromatic N) is 2. The number of amides is 1. The highest BCUT2D eigenvalue weighted by Crippen LogP contribution is 2.22. The van der Waals surface area contributed by atoms with Crippen LogP contribution in [0, 0.1) is 17.6 Å². The number of rotatable bonds is 6. The highest BCUT2D eigenvalue weighted by atomic mass is 35.5. The predicted octanol–water partition coefficient (Wildman–Crippen LogP) is 4.71. The standard InChI is InChI=1S/C20H18ClF2N3O2S/c1-11(2)9-26-19(28)14-5-3-12(21)7-16(14)25-20(26)29-10-18(27)24-17-8-13(22)4-6-15(17)23/h3-8,11H,9-10H2,1-2H3,(H,24,27). The zero-order valence-corrected chi connectivity index (χ0v) is 17.3. The highest BCUT2D eigenvalue weighted by Gasteiger charge is 2.15. The van der Waals surface area contributed by atoms with Crippen molar-refractivity contribution < 1.29 is 13.6 Å². The van der Waals surface area contributed by atoms with Crippen molar-refractivity contribution in [2.75, 3.05) is 11.1 Å². The van der Waals surface area contributed by atoms with Gasteiger partial charge in [-0.3, -0.25) is 14.2 Å². The Morgan fingerprint density at radius 3 is 2.72 bits per heavy atom. The Kier molecular flexibility index (Phi) is 6.54. The number of aromatic nitrogens is 2. The van der Waals surface area contributed by atoms with Crippen molar-refractivity contribution in [3.63, 3.8) is 0 Å². The van der Waals surface area contributed by atoms with E-state index in [9.17, 15) is 18.4 Å². The Balaban J connectivity index is 1.87. The van der Waals surface area contributed by atoms with Crippen LogP contribution < -0.4 is 10.9 Å². The Bertz CT molecular complexity index is 1130. The summed E-state index contributed by atoms with van der Waals surface area (Å²) in [4.78, 5) is 29.6. The third kappa shape index (κ3) is 5.13. The van der Waals surface area contributed by atoms with Gasteiger partial charge in [-0.25, -0.2) is 13.8 Å². The van der Waals surface area contributed by atoms with Gasteiger partial charge in [-0.15, -0.1) is 0 Å². The number of benzene rings is 2. The Morgan fingerprint density at radius 1 is 1.24 bits per heavy atom. The first kappa shape index (κ1) is 21.3. The van der Waals surface area contributed by atoms with Crippen molar-refractivity contribution in [2.24, 2.45) is 5.92 Å². The molecule has 1 aromatic heterocycles. The SMILES string of the molecule is CC(C)Cn1c(SCC(=O)Nc2cc(F)ccc2F)nc2cc(Cl)ccc2c1=O. The fourth-order valence-corrected chi connectivity index (χ4v) is 3.69. The van der Waals surface area contributed by atoms with Crippen molar-refractivity contribution in [3.05, 3.63) is 63.4 Å². The fraction of sp³-hybridized carbons (Fsp3) is 0.250. The van der Waals surface area contributed by atoms with Gasteiger partial charge < -0.3 is 5.32 Å². The molecule has 0 spiro atoms. The van der Waals surface area contributed by atoms with Gasteiger partial charge in [-0.1, -0.05) is 37.2 Å². The van der Waals surface area contributed by atoms with E-state index in [2.05, 4.69) is 10.3 Å². The van der Waals surface area contributed by atoms with Crippen molar-refractivity contribution in [2.45, 2.75) is 25.5 Å². The molecule has 0 bridgehead atoms. The molecule has 3 rings (SSSR count). The van der Waals surface area contributed by atoms with E-state index in [1.165, 1.54) is 4.57 Å². The molecule has 1 heterocycles. The molecule has 0 radical (unpaired) electrons. The van der Waals surface area contributed by atoms with Gasteiger partial charge in [0.05, 0.1) is 22.3 Å². The zero-order chi connectivity index (χ0) is 21.1. The van der Waals surface area contributed by atoms with Gasteiger partial charge >= 0.3 is 0 Å². The van der Waals surface area contributed by atoms with E-state index >= 15 is 0 Å². The summed E-state index contributed by atoms with van der Waals surface area (Å²) in [6.45, 7) is 4.35. The van der Waals surface area contributed by atoms with Gasteiger partial charge in [0.15, 0.2) is 5.16 Å². The first-order valence-electron chi connectivity index (χ1n) is 8.82. The monoisotopic (exact) mass is 437 g/mol. The maximum Gasteiger partial charge on any atom is 0.262 e. The van der Waals surface area contributed by atoms with Crippen LogP contribution in [-0.2, 0) is 11.3 Å². The molecule has 0 atom stereocenters. The molecule has 1 N–H and O–H groups in total. The molecular formula is C20H18ClF2N3O2S.